The molecule has 1 atom stereocenters. The first kappa shape index (κ1) is 13.1. The number of hydrogen-bond donors (Lipinski definition) is 2. The molecule has 0 bridgehead atoms. The second-order valence-electron chi connectivity index (χ2n) is 5.41. The van der Waals surface area contributed by atoms with E-state index >= 15 is 0 Å². The van der Waals surface area contributed by atoms with Crippen molar-refractivity contribution in [1.29, 1.82) is 0 Å². The summed E-state index contributed by atoms with van der Waals surface area (Å²) in [5.74, 6) is 0.816. The van der Waals surface area contributed by atoms with E-state index in [1.807, 2.05) is 11.3 Å². The van der Waals surface area contributed by atoms with E-state index in [0.29, 0.717) is 6.54 Å². The minimum Gasteiger partial charge on any atom is -0.396 e. The monoisotopic (exact) mass is 253 g/mol. The lowest BCUT2D eigenvalue weighted by atomic mass is 9.79. The van der Waals surface area contributed by atoms with Crippen LogP contribution in [0.25, 0.3) is 0 Å². The van der Waals surface area contributed by atoms with Gasteiger partial charge < -0.3 is 10.8 Å². The van der Waals surface area contributed by atoms with Crippen LogP contribution in [-0.4, -0.2) is 18.3 Å². The molecule has 17 heavy (non-hydrogen) atoms. The molecule has 0 saturated heterocycles. The average Bonchev–Trinajstić information content (AvgIpc) is 3.05. The minimum absolute atomic E-state index is 0.0724. The van der Waals surface area contributed by atoms with Crippen molar-refractivity contribution in [3.05, 3.63) is 21.9 Å². The molecule has 0 aromatic carbocycles. The van der Waals surface area contributed by atoms with E-state index in [0.717, 1.165) is 25.2 Å². The van der Waals surface area contributed by atoms with Crippen LogP contribution in [0.15, 0.2) is 12.1 Å². The Bertz CT molecular complexity index is 353. The fraction of sp³-hybridized carbons (Fsp3) is 0.714. The Kier molecular flexibility index (Phi) is 4.23. The first-order chi connectivity index (χ1) is 8.21. The highest BCUT2D eigenvalue weighted by Crippen LogP contribution is 2.42. The molecule has 1 saturated carbocycles. The molecule has 1 heterocycles. The van der Waals surface area contributed by atoms with Crippen molar-refractivity contribution in [3.8, 4) is 0 Å². The van der Waals surface area contributed by atoms with Gasteiger partial charge >= 0.3 is 0 Å². The Morgan fingerprint density at radius 1 is 1.41 bits per heavy atom. The molecule has 1 aliphatic carbocycles. The fourth-order valence-corrected chi connectivity index (χ4v) is 3.56. The van der Waals surface area contributed by atoms with Crippen LogP contribution in [-0.2, 0) is 12.8 Å². The van der Waals surface area contributed by atoms with Gasteiger partial charge in [0.15, 0.2) is 0 Å². The third kappa shape index (κ3) is 3.30. The summed E-state index contributed by atoms with van der Waals surface area (Å²) in [6.45, 7) is 3.00. The predicted octanol–water partition coefficient (Wildman–Crippen LogP) is 2.59. The topological polar surface area (TPSA) is 46.2 Å². The molecule has 1 unspecified atom stereocenters. The van der Waals surface area contributed by atoms with E-state index < -0.39 is 0 Å². The van der Waals surface area contributed by atoms with Crippen LogP contribution in [0.2, 0.25) is 0 Å². The first-order valence-corrected chi connectivity index (χ1v) is 7.41. The summed E-state index contributed by atoms with van der Waals surface area (Å²) in [6.07, 6.45) is 5.79. The maximum absolute atomic E-state index is 9.70. The van der Waals surface area contributed by atoms with Gasteiger partial charge in [-0.3, -0.25) is 0 Å². The number of hydrogen-bond acceptors (Lipinski definition) is 3. The molecule has 96 valence electrons. The summed E-state index contributed by atoms with van der Waals surface area (Å²) in [5, 5.41) is 9.70. The zero-order valence-corrected chi connectivity index (χ0v) is 11.4. The van der Waals surface area contributed by atoms with Crippen LogP contribution in [0.1, 0.15) is 35.9 Å². The lowest BCUT2D eigenvalue weighted by molar-refractivity contribution is 0.116. The van der Waals surface area contributed by atoms with Crippen LogP contribution in [0, 0.1) is 11.3 Å². The number of aliphatic hydroxyl groups is 1. The van der Waals surface area contributed by atoms with Crippen molar-refractivity contribution in [3.63, 3.8) is 0 Å². The molecular weight excluding hydrogens is 230 g/mol. The third-order valence-corrected chi connectivity index (χ3v) is 5.03. The summed E-state index contributed by atoms with van der Waals surface area (Å²) in [7, 11) is 0. The number of rotatable bonds is 7. The van der Waals surface area contributed by atoms with Crippen LogP contribution in [0.3, 0.4) is 0 Å². The van der Waals surface area contributed by atoms with Gasteiger partial charge in [-0.15, -0.1) is 11.3 Å². The Balaban J connectivity index is 2.04. The van der Waals surface area contributed by atoms with Gasteiger partial charge in [0.1, 0.15) is 0 Å². The van der Waals surface area contributed by atoms with Gasteiger partial charge in [-0.25, -0.2) is 0 Å². The molecule has 3 N–H and O–H groups in total. The molecule has 0 radical (unpaired) electrons. The lowest BCUT2D eigenvalue weighted by Crippen LogP contribution is -2.36. The Hall–Kier alpha value is -0.380. The standard InChI is InChI=1S/C14H23NOS/c1-2-12-5-6-13(17-12)8-14(9-15,10-16)7-11-3-4-11/h5-6,11,16H,2-4,7-10,15H2,1H3. The smallest absolute Gasteiger partial charge is 0.0503 e. The first-order valence-electron chi connectivity index (χ1n) is 6.60. The lowest BCUT2D eigenvalue weighted by Gasteiger charge is -2.30. The summed E-state index contributed by atoms with van der Waals surface area (Å²) in [6, 6.07) is 4.41. The van der Waals surface area contributed by atoms with Gasteiger partial charge in [0, 0.05) is 21.7 Å². The fourth-order valence-electron chi connectivity index (χ4n) is 2.42. The van der Waals surface area contributed by atoms with Crippen molar-refractivity contribution >= 4 is 11.3 Å². The molecule has 1 aromatic rings. The zero-order valence-electron chi connectivity index (χ0n) is 10.6. The highest BCUT2D eigenvalue weighted by atomic mass is 32.1. The van der Waals surface area contributed by atoms with Crippen LogP contribution in [0.5, 0.6) is 0 Å². The largest absolute Gasteiger partial charge is 0.396 e. The van der Waals surface area contributed by atoms with Crippen molar-refractivity contribution in [2.24, 2.45) is 17.1 Å². The second kappa shape index (κ2) is 5.51. The van der Waals surface area contributed by atoms with E-state index in [1.54, 1.807) is 0 Å². The highest BCUT2D eigenvalue weighted by molar-refractivity contribution is 7.11. The normalized spacial score (nSPS) is 19.2. The van der Waals surface area contributed by atoms with Gasteiger partial charge in [-0.05, 0) is 37.3 Å². The number of aliphatic hydroxyl groups excluding tert-OH is 1. The maximum atomic E-state index is 9.70. The second-order valence-corrected chi connectivity index (χ2v) is 6.66. The summed E-state index contributed by atoms with van der Waals surface area (Å²) < 4.78 is 0. The van der Waals surface area contributed by atoms with Crippen LogP contribution < -0.4 is 5.73 Å². The number of thiophene rings is 1. The highest BCUT2D eigenvalue weighted by Gasteiger charge is 2.36. The molecule has 1 aromatic heterocycles. The van der Waals surface area contributed by atoms with Crippen molar-refractivity contribution in [1.82, 2.24) is 0 Å². The van der Waals surface area contributed by atoms with Crippen LogP contribution >= 0.6 is 11.3 Å². The van der Waals surface area contributed by atoms with E-state index in [9.17, 15) is 5.11 Å². The molecule has 1 aliphatic rings. The van der Waals surface area contributed by atoms with E-state index in [1.165, 1.54) is 22.6 Å². The number of aryl methyl sites for hydroxylation is 1. The molecular formula is C14H23NOS. The molecule has 0 amide bonds. The molecule has 3 heteroatoms. The summed E-state index contributed by atoms with van der Waals surface area (Å²) >= 11 is 1.87. The van der Waals surface area contributed by atoms with Gasteiger partial charge in [0.05, 0.1) is 6.61 Å². The Labute approximate surface area is 108 Å². The molecule has 0 aliphatic heterocycles. The quantitative estimate of drug-likeness (QED) is 0.784. The third-order valence-electron chi connectivity index (χ3n) is 3.80. The van der Waals surface area contributed by atoms with Crippen molar-refractivity contribution < 1.29 is 5.11 Å². The minimum atomic E-state index is -0.0724. The Morgan fingerprint density at radius 3 is 2.59 bits per heavy atom. The number of nitrogens with two attached hydrogens (primary N) is 1. The molecule has 1 fully saturated rings. The SMILES string of the molecule is CCc1ccc(CC(CN)(CO)CC2CC2)s1. The molecule has 2 rings (SSSR count). The van der Waals surface area contributed by atoms with Crippen LogP contribution in [0.4, 0.5) is 0 Å². The molecule has 2 nitrogen and oxygen atoms in total. The summed E-state index contributed by atoms with van der Waals surface area (Å²) in [5.41, 5.74) is 5.85. The van der Waals surface area contributed by atoms with E-state index in [2.05, 4.69) is 19.1 Å². The van der Waals surface area contributed by atoms with Gasteiger partial charge in [-0.1, -0.05) is 19.8 Å². The van der Waals surface area contributed by atoms with E-state index in [-0.39, 0.29) is 12.0 Å². The van der Waals surface area contributed by atoms with Gasteiger partial charge in [0.25, 0.3) is 0 Å². The predicted molar refractivity (Wildman–Crippen MR) is 73.3 cm³/mol. The Morgan fingerprint density at radius 2 is 2.12 bits per heavy atom. The van der Waals surface area contributed by atoms with Gasteiger partial charge in [-0.2, -0.15) is 0 Å². The van der Waals surface area contributed by atoms with Crippen molar-refractivity contribution in [2.75, 3.05) is 13.2 Å². The molecule has 0 spiro atoms. The summed E-state index contributed by atoms with van der Waals surface area (Å²) in [4.78, 5) is 2.80. The van der Waals surface area contributed by atoms with E-state index in [4.69, 9.17) is 5.73 Å². The van der Waals surface area contributed by atoms with Crippen molar-refractivity contribution in [2.45, 2.75) is 39.0 Å². The zero-order chi connectivity index (χ0) is 12.3. The maximum Gasteiger partial charge on any atom is 0.0503 e. The average molecular weight is 253 g/mol. The van der Waals surface area contributed by atoms with Gasteiger partial charge in [0.2, 0.25) is 0 Å².